The second-order valence-electron chi connectivity index (χ2n) is 5.27. The van der Waals surface area contributed by atoms with E-state index in [2.05, 4.69) is 0 Å². The van der Waals surface area contributed by atoms with Crippen LogP contribution < -0.4 is 0 Å². The van der Waals surface area contributed by atoms with E-state index in [0.29, 0.717) is 18.4 Å². The molecule has 1 aliphatic rings. The molecule has 1 aromatic rings. The topological polar surface area (TPSA) is 86.5 Å². The number of nitro groups is 1. The van der Waals surface area contributed by atoms with Crippen LogP contribution in [0.15, 0.2) is 24.3 Å². The highest BCUT2D eigenvalue weighted by Crippen LogP contribution is 2.39. The van der Waals surface area contributed by atoms with Crippen molar-refractivity contribution in [2.24, 2.45) is 5.41 Å². The Morgan fingerprint density at radius 3 is 2.71 bits per heavy atom. The number of hydrogen-bond donors (Lipinski definition) is 0. The van der Waals surface area contributed by atoms with E-state index in [0.717, 1.165) is 12.8 Å². The predicted octanol–water partition coefficient (Wildman–Crippen LogP) is 2.44. The van der Waals surface area contributed by atoms with Crippen LogP contribution in [-0.4, -0.2) is 23.8 Å². The third-order valence-corrected chi connectivity index (χ3v) is 4.05. The van der Waals surface area contributed by atoms with E-state index in [1.54, 1.807) is 18.2 Å². The largest absolute Gasteiger partial charge is 0.468 e. The van der Waals surface area contributed by atoms with Gasteiger partial charge in [0.2, 0.25) is 0 Å². The smallest absolute Gasteiger partial charge is 0.319 e. The SMILES string of the molecule is COC(=O)C1(Cc2ccccc2[N+](=O)[O-])CCCCC1=O. The molecule has 0 saturated heterocycles. The molecule has 0 bridgehead atoms. The van der Waals surface area contributed by atoms with Crippen LogP contribution in [0.1, 0.15) is 31.2 Å². The third kappa shape index (κ3) is 2.79. The summed E-state index contributed by atoms with van der Waals surface area (Å²) in [6, 6.07) is 6.20. The summed E-state index contributed by atoms with van der Waals surface area (Å²) >= 11 is 0. The number of ether oxygens (including phenoxy) is 1. The first-order valence-corrected chi connectivity index (χ1v) is 6.85. The fraction of sp³-hybridized carbons (Fsp3) is 0.467. The standard InChI is InChI=1S/C15H17NO5/c1-21-14(18)15(9-5-4-8-13(15)17)10-11-6-2-3-7-12(11)16(19)20/h2-3,6-7H,4-5,8-10H2,1H3. The lowest BCUT2D eigenvalue weighted by Gasteiger charge is -2.32. The highest BCUT2D eigenvalue weighted by atomic mass is 16.6. The van der Waals surface area contributed by atoms with Crippen LogP contribution in [-0.2, 0) is 20.7 Å². The summed E-state index contributed by atoms with van der Waals surface area (Å²) < 4.78 is 4.81. The van der Waals surface area contributed by atoms with Crippen LogP contribution in [0.2, 0.25) is 0 Å². The summed E-state index contributed by atoms with van der Waals surface area (Å²) in [5, 5.41) is 11.1. The van der Waals surface area contributed by atoms with Gasteiger partial charge in [-0.2, -0.15) is 0 Å². The number of rotatable bonds is 4. The van der Waals surface area contributed by atoms with Crippen LogP contribution >= 0.6 is 0 Å². The molecular formula is C15H17NO5. The highest BCUT2D eigenvalue weighted by Gasteiger charge is 2.48. The zero-order valence-corrected chi connectivity index (χ0v) is 11.8. The van der Waals surface area contributed by atoms with Crippen molar-refractivity contribution in [3.63, 3.8) is 0 Å². The highest BCUT2D eigenvalue weighted by molar-refractivity contribution is 6.04. The molecule has 0 spiro atoms. The van der Waals surface area contributed by atoms with Crippen molar-refractivity contribution in [2.75, 3.05) is 7.11 Å². The number of methoxy groups -OCH3 is 1. The number of ketones is 1. The Morgan fingerprint density at radius 1 is 1.38 bits per heavy atom. The van der Waals surface area contributed by atoms with E-state index in [-0.39, 0.29) is 17.9 Å². The lowest BCUT2D eigenvalue weighted by molar-refractivity contribution is -0.385. The molecular weight excluding hydrogens is 274 g/mol. The van der Waals surface area contributed by atoms with E-state index in [1.807, 2.05) is 0 Å². The Labute approximate surface area is 122 Å². The Hall–Kier alpha value is -2.24. The molecule has 1 saturated carbocycles. The molecule has 0 radical (unpaired) electrons. The second-order valence-corrected chi connectivity index (χ2v) is 5.27. The molecule has 21 heavy (non-hydrogen) atoms. The fourth-order valence-electron chi connectivity index (χ4n) is 2.92. The monoisotopic (exact) mass is 291 g/mol. The number of nitrogens with zero attached hydrogens (tertiary/aromatic N) is 1. The predicted molar refractivity (Wildman–Crippen MR) is 74.7 cm³/mol. The molecule has 1 aliphatic carbocycles. The molecule has 1 fully saturated rings. The maximum absolute atomic E-state index is 12.3. The zero-order valence-electron chi connectivity index (χ0n) is 11.8. The Balaban J connectivity index is 2.43. The lowest BCUT2D eigenvalue weighted by atomic mass is 9.69. The van der Waals surface area contributed by atoms with Crippen molar-refractivity contribution in [3.8, 4) is 0 Å². The summed E-state index contributed by atoms with van der Waals surface area (Å²) in [5.41, 5.74) is -0.957. The Bertz CT molecular complexity index is 573. The van der Waals surface area contributed by atoms with Gasteiger partial charge in [-0.15, -0.1) is 0 Å². The van der Waals surface area contributed by atoms with Crippen molar-refractivity contribution in [3.05, 3.63) is 39.9 Å². The summed E-state index contributed by atoms with van der Waals surface area (Å²) in [7, 11) is 1.24. The van der Waals surface area contributed by atoms with Gasteiger partial charge in [-0.1, -0.05) is 24.6 Å². The van der Waals surface area contributed by atoms with Gasteiger partial charge in [0.05, 0.1) is 12.0 Å². The number of Topliss-reactive ketones (excluding diaryl/α,β-unsaturated/α-hetero) is 1. The quantitative estimate of drug-likeness (QED) is 0.368. The first-order valence-electron chi connectivity index (χ1n) is 6.85. The van der Waals surface area contributed by atoms with Gasteiger partial charge in [-0.3, -0.25) is 19.7 Å². The van der Waals surface area contributed by atoms with Gasteiger partial charge in [-0.05, 0) is 12.8 Å². The minimum atomic E-state index is -1.28. The molecule has 1 atom stereocenters. The van der Waals surface area contributed by atoms with Crippen molar-refractivity contribution in [2.45, 2.75) is 32.1 Å². The minimum absolute atomic E-state index is 0.0235. The first-order chi connectivity index (χ1) is 10.0. The lowest BCUT2D eigenvalue weighted by Crippen LogP contribution is -2.44. The van der Waals surface area contributed by atoms with Crippen LogP contribution in [0.4, 0.5) is 5.69 Å². The van der Waals surface area contributed by atoms with Crippen LogP contribution in [0, 0.1) is 15.5 Å². The normalized spacial score (nSPS) is 21.9. The third-order valence-electron chi connectivity index (χ3n) is 4.05. The molecule has 0 aliphatic heterocycles. The second kappa shape index (κ2) is 6.03. The summed E-state index contributed by atoms with van der Waals surface area (Å²) in [6.45, 7) is 0. The zero-order chi connectivity index (χ0) is 15.5. The van der Waals surface area contributed by atoms with Gasteiger partial charge in [0.1, 0.15) is 5.41 Å². The summed E-state index contributed by atoms with van der Waals surface area (Å²) in [6.07, 6.45) is 2.20. The average molecular weight is 291 g/mol. The number of carbonyl (C=O) groups excluding carboxylic acids is 2. The molecule has 6 nitrogen and oxygen atoms in total. The molecule has 0 heterocycles. The fourth-order valence-corrected chi connectivity index (χ4v) is 2.92. The molecule has 0 amide bonds. The van der Waals surface area contributed by atoms with Gasteiger partial charge < -0.3 is 4.74 Å². The van der Waals surface area contributed by atoms with Crippen LogP contribution in [0.3, 0.4) is 0 Å². The Kier molecular flexibility index (Phi) is 4.35. The molecule has 0 N–H and O–H groups in total. The summed E-state index contributed by atoms with van der Waals surface area (Å²) in [5.74, 6) is -0.774. The number of para-hydroxylation sites is 1. The molecule has 6 heteroatoms. The average Bonchev–Trinajstić information content (AvgIpc) is 2.49. The van der Waals surface area contributed by atoms with E-state index in [4.69, 9.17) is 4.74 Å². The van der Waals surface area contributed by atoms with E-state index in [1.165, 1.54) is 13.2 Å². The molecule has 2 rings (SSSR count). The first kappa shape index (κ1) is 15.2. The maximum Gasteiger partial charge on any atom is 0.319 e. The number of benzene rings is 1. The van der Waals surface area contributed by atoms with Crippen molar-refractivity contribution >= 4 is 17.4 Å². The Morgan fingerprint density at radius 2 is 2.10 bits per heavy atom. The van der Waals surface area contributed by atoms with Gasteiger partial charge in [0.15, 0.2) is 5.78 Å². The number of nitro benzene ring substituents is 1. The van der Waals surface area contributed by atoms with Crippen LogP contribution in [0.25, 0.3) is 0 Å². The number of carbonyl (C=O) groups is 2. The van der Waals surface area contributed by atoms with Gasteiger partial charge in [-0.25, -0.2) is 0 Å². The van der Waals surface area contributed by atoms with E-state index < -0.39 is 16.3 Å². The molecule has 1 aromatic carbocycles. The van der Waals surface area contributed by atoms with Gasteiger partial charge >= 0.3 is 5.97 Å². The molecule has 1 unspecified atom stereocenters. The number of hydrogen-bond acceptors (Lipinski definition) is 5. The van der Waals surface area contributed by atoms with Crippen molar-refractivity contribution in [1.29, 1.82) is 0 Å². The van der Waals surface area contributed by atoms with Crippen molar-refractivity contribution in [1.82, 2.24) is 0 Å². The maximum atomic E-state index is 12.3. The summed E-state index contributed by atoms with van der Waals surface area (Å²) in [4.78, 5) is 35.1. The van der Waals surface area contributed by atoms with Crippen molar-refractivity contribution < 1.29 is 19.2 Å². The van der Waals surface area contributed by atoms with Crippen LogP contribution in [0.5, 0.6) is 0 Å². The van der Waals surface area contributed by atoms with E-state index >= 15 is 0 Å². The number of esters is 1. The van der Waals surface area contributed by atoms with Gasteiger partial charge in [0, 0.05) is 24.5 Å². The molecule has 112 valence electrons. The molecule has 0 aromatic heterocycles. The van der Waals surface area contributed by atoms with E-state index in [9.17, 15) is 19.7 Å². The van der Waals surface area contributed by atoms with Gasteiger partial charge in [0.25, 0.3) is 5.69 Å². The minimum Gasteiger partial charge on any atom is -0.468 e.